The Kier molecular flexibility index (Phi) is 40.5. The SMILES string of the molecule is CCCCCCCCCCCCCCC[C@@H](O)[C@@H](O)[C@H](CO[C@H]1O[C@H](CO)[C@H](O)[C@H](O)[C@H]1O)NC(=O)CCCCCCCCN(CCCCCCCCC)CCCCCCCCC. The van der Waals surface area contributed by atoms with Crippen molar-refractivity contribution in [3.8, 4) is 0 Å². The molecule has 1 aliphatic heterocycles. The number of nitrogens with zero attached hydrogens (tertiary/aromatic N) is 1. The first-order valence-corrected chi connectivity index (χ1v) is 27.0. The van der Waals surface area contributed by atoms with Crippen LogP contribution in [0.25, 0.3) is 0 Å². The zero-order valence-corrected chi connectivity index (χ0v) is 41.3. The number of amides is 1. The lowest BCUT2D eigenvalue weighted by Gasteiger charge is -2.40. The standard InChI is InChI=1S/C52H104N2O9/c1-4-7-10-13-16-17-18-19-20-21-22-27-32-37-45(56)48(58)44(43-62-52-51(61)50(60)49(59)46(42-55)63-52)53-47(57)38-33-28-23-26-31-36-41-54(39-34-29-24-14-11-8-5-2)40-35-30-25-15-12-9-6-3/h44-46,48-52,55-56,58-61H,4-43H2,1-3H3,(H,53,57)/t44-,45+,46+,48-,49-,50-,51+,52-/m0/s1. The van der Waals surface area contributed by atoms with Crippen LogP contribution in [0.2, 0.25) is 0 Å². The summed E-state index contributed by atoms with van der Waals surface area (Å²) in [5.41, 5.74) is 0. The lowest BCUT2D eigenvalue weighted by molar-refractivity contribution is -0.303. The molecular formula is C52H104N2O9. The van der Waals surface area contributed by atoms with Gasteiger partial charge < -0.3 is 50.3 Å². The lowest BCUT2D eigenvalue weighted by Crippen LogP contribution is -2.60. The minimum atomic E-state index is -1.61. The van der Waals surface area contributed by atoms with E-state index in [-0.39, 0.29) is 18.9 Å². The van der Waals surface area contributed by atoms with Crippen LogP contribution in [0.5, 0.6) is 0 Å². The number of aliphatic hydroxyl groups is 6. The molecule has 0 bridgehead atoms. The summed E-state index contributed by atoms with van der Waals surface area (Å²) in [6, 6.07) is -0.994. The van der Waals surface area contributed by atoms with Crippen LogP contribution in [-0.4, -0.2) is 123 Å². The van der Waals surface area contributed by atoms with Crippen LogP contribution in [-0.2, 0) is 14.3 Å². The molecule has 0 aromatic rings. The maximum absolute atomic E-state index is 13.2. The number of ether oxygens (including phenoxy) is 2. The van der Waals surface area contributed by atoms with E-state index in [1.807, 2.05) is 0 Å². The monoisotopic (exact) mass is 901 g/mol. The Balaban J connectivity index is 2.52. The fraction of sp³-hybridized carbons (Fsp3) is 0.981. The maximum atomic E-state index is 13.2. The van der Waals surface area contributed by atoms with Gasteiger partial charge in [-0.3, -0.25) is 4.79 Å². The highest BCUT2D eigenvalue weighted by molar-refractivity contribution is 5.76. The van der Waals surface area contributed by atoms with E-state index in [1.165, 1.54) is 180 Å². The average Bonchev–Trinajstić information content (AvgIpc) is 3.28. The first-order chi connectivity index (χ1) is 30.7. The van der Waals surface area contributed by atoms with Gasteiger partial charge in [-0.25, -0.2) is 0 Å². The second-order valence-corrected chi connectivity index (χ2v) is 19.2. The molecule has 0 saturated carbocycles. The molecule has 0 spiro atoms. The van der Waals surface area contributed by atoms with Crippen LogP contribution in [0.4, 0.5) is 0 Å². The summed E-state index contributed by atoms with van der Waals surface area (Å²) in [6.45, 7) is 9.52. The van der Waals surface area contributed by atoms with Gasteiger partial charge in [-0.05, 0) is 51.7 Å². The third-order valence-corrected chi connectivity index (χ3v) is 13.3. The second kappa shape index (κ2) is 42.5. The largest absolute Gasteiger partial charge is 0.394 e. The molecule has 376 valence electrons. The van der Waals surface area contributed by atoms with Crippen molar-refractivity contribution in [1.29, 1.82) is 0 Å². The Hall–Kier alpha value is -0.890. The van der Waals surface area contributed by atoms with Crippen LogP contribution in [0.3, 0.4) is 0 Å². The Morgan fingerprint density at radius 2 is 0.921 bits per heavy atom. The number of carbonyl (C=O) groups excluding carboxylic acids is 1. The van der Waals surface area contributed by atoms with Crippen LogP contribution < -0.4 is 5.32 Å². The minimum absolute atomic E-state index is 0.254. The van der Waals surface area contributed by atoms with Gasteiger partial charge in [0.25, 0.3) is 0 Å². The number of unbranched alkanes of at least 4 members (excludes halogenated alkanes) is 29. The van der Waals surface area contributed by atoms with Crippen molar-refractivity contribution in [2.45, 2.75) is 294 Å². The quantitative estimate of drug-likeness (QED) is 0.0292. The number of hydrogen-bond donors (Lipinski definition) is 7. The van der Waals surface area contributed by atoms with E-state index in [9.17, 15) is 35.4 Å². The molecular weight excluding hydrogens is 797 g/mol. The third-order valence-electron chi connectivity index (χ3n) is 13.3. The van der Waals surface area contributed by atoms with Gasteiger partial charge in [0.15, 0.2) is 6.29 Å². The number of nitrogens with one attached hydrogen (secondary N) is 1. The minimum Gasteiger partial charge on any atom is -0.394 e. The summed E-state index contributed by atoms with van der Waals surface area (Å²) in [4.78, 5) is 15.9. The second-order valence-electron chi connectivity index (χ2n) is 19.2. The Morgan fingerprint density at radius 3 is 1.33 bits per heavy atom. The van der Waals surface area contributed by atoms with Crippen molar-refractivity contribution in [3.05, 3.63) is 0 Å². The van der Waals surface area contributed by atoms with E-state index >= 15 is 0 Å². The Labute approximate surface area is 387 Å². The molecule has 1 aliphatic rings. The van der Waals surface area contributed by atoms with E-state index in [1.54, 1.807) is 0 Å². The van der Waals surface area contributed by atoms with Gasteiger partial charge in [0.1, 0.15) is 30.5 Å². The number of rotatable bonds is 46. The molecule has 1 heterocycles. The van der Waals surface area contributed by atoms with E-state index in [0.717, 1.165) is 44.9 Å². The zero-order valence-electron chi connectivity index (χ0n) is 41.3. The molecule has 0 radical (unpaired) electrons. The van der Waals surface area contributed by atoms with E-state index in [4.69, 9.17) is 9.47 Å². The van der Waals surface area contributed by atoms with Crippen molar-refractivity contribution >= 4 is 5.91 Å². The summed E-state index contributed by atoms with van der Waals surface area (Å²) in [6.07, 6.45) is 31.8. The summed E-state index contributed by atoms with van der Waals surface area (Å²) in [5, 5.41) is 65.6. The van der Waals surface area contributed by atoms with E-state index in [0.29, 0.717) is 12.8 Å². The molecule has 0 aromatic heterocycles. The highest BCUT2D eigenvalue weighted by atomic mass is 16.7. The highest BCUT2D eigenvalue weighted by Gasteiger charge is 2.44. The van der Waals surface area contributed by atoms with Crippen molar-refractivity contribution in [2.75, 3.05) is 32.8 Å². The highest BCUT2D eigenvalue weighted by Crippen LogP contribution is 2.23. The van der Waals surface area contributed by atoms with Gasteiger partial charge in [-0.2, -0.15) is 0 Å². The number of aliphatic hydroxyl groups excluding tert-OH is 6. The van der Waals surface area contributed by atoms with Crippen LogP contribution in [0, 0.1) is 0 Å². The van der Waals surface area contributed by atoms with Gasteiger partial charge in [0.2, 0.25) is 5.91 Å². The van der Waals surface area contributed by atoms with Gasteiger partial charge in [-0.15, -0.1) is 0 Å². The summed E-state index contributed by atoms with van der Waals surface area (Å²) in [5.74, 6) is -0.254. The molecule has 0 unspecified atom stereocenters. The fourth-order valence-corrected chi connectivity index (χ4v) is 8.97. The normalized spacial score (nSPS) is 20.6. The lowest BCUT2D eigenvalue weighted by atomic mass is 9.98. The Bertz CT molecular complexity index is 975. The van der Waals surface area contributed by atoms with Crippen LogP contribution in [0.1, 0.15) is 245 Å². The Morgan fingerprint density at radius 1 is 0.540 bits per heavy atom. The summed E-state index contributed by atoms with van der Waals surface area (Å²) >= 11 is 0. The van der Waals surface area contributed by atoms with Crippen LogP contribution in [0.15, 0.2) is 0 Å². The topological polar surface area (TPSA) is 172 Å². The molecule has 11 heteroatoms. The number of carbonyl (C=O) groups is 1. The van der Waals surface area contributed by atoms with Gasteiger partial charge in [0.05, 0.1) is 25.4 Å². The third kappa shape index (κ3) is 31.7. The maximum Gasteiger partial charge on any atom is 0.220 e. The first-order valence-electron chi connectivity index (χ1n) is 27.0. The van der Waals surface area contributed by atoms with Crippen molar-refractivity contribution in [2.24, 2.45) is 0 Å². The fourth-order valence-electron chi connectivity index (χ4n) is 8.97. The smallest absolute Gasteiger partial charge is 0.220 e. The molecule has 1 rings (SSSR count). The molecule has 11 nitrogen and oxygen atoms in total. The number of hydrogen-bond acceptors (Lipinski definition) is 10. The predicted molar refractivity (Wildman–Crippen MR) is 259 cm³/mol. The van der Waals surface area contributed by atoms with Gasteiger partial charge in [-0.1, -0.05) is 207 Å². The first kappa shape index (κ1) is 60.1. The van der Waals surface area contributed by atoms with Crippen molar-refractivity contribution < 1.29 is 44.9 Å². The van der Waals surface area contributed by atoms with Gasteiger partial charge >= 0.3 is 0 Å². The van der Waals surface area contributed by atoms with Crippen LogP contribution >= 0.6 is 0 Å². The molecule has 63 heavy (non-hydrogen) atoms. The van der Waals surface area contributed by atoms with E-state index in [2.05, 4.69) is 31.0 Å². The molecule has 0 aliphatic carbocycles. The summed E-state index contributed by atoms with van der Waals surface area (Å²) in [7, 11) is 0. The average molecular weight is 901 g/mol. The molecule has 8 atom stereocenters. The summed E-state index contributed by atoms with van der Waals surface area (Å²) < 4.78 is 11.2. The molecule has 1 saturated heterocycles. The van der Waals surface area contributed by atoms with Gasteiger partial charge in [0, 0.05) is 6.42 Å². The molecule has 7 N–H and O–H groups in total. The van der Waals surface area contributed by atoms with Crippen molar-refractivity contribution in [1.82, 2.24) is 10.2 Å². The zero-order chi connectivity index (χ0) is 46.2. The molecule has 1 fully saturated rings. The predicted octanol–water partition coefficient (Wildman–Crippen LogP) is 10.0. The molecule has 0 aromatic carbocycles. The van der Waals surface area contributed by atoms with Crippen molar-refractivity contribution in [3.63, 3.8) is 0 Å². The van der Waals surface area contributed by atoms with E-state index < -0.39 is 55.6 Å². The molecule has 1 amide bonds.